The molecular formula is C10H12ClN3O6S2. The number of primary sulfonamides is 1. The fraction of sp³-hybridized carbons (Fsp3) is 0.300. The zero-order chi connectivity index (χ0) is 16.9. The molecular weight excluding hydrogens is 358 g/mol. The lowest BCUT2D eigenvalue weighted by Crippen LogP contribution is -2.51. The number of hydrogen-bond donors (Lipinski definition) is 2. The largest absolute Gasteiger partial charge is 0.466 e. The fourth-order valence-electron chi connectivity index (χ4n) is 1.93. The van der Waals surface area contributed by atoms with Crippen LogP contribution in [0.2, 0.25) is 5.02 Å². The summed E-state index contributed by atoms with van der Waals surface area (Å²) in [5.74, 6) is -0.830. The second kappa shape index (κ2) is 5.35. The number of ether oxygens (including phenoxy) is 1. The van der Waals surface area contributed by atoms with Crippen LogP contribution in [0, 0.1) is 0 Å². The van der Waals surface area contributed by atoms with Crippen molar-refractivity contribution in [2.45, 2.75) is 16.0 Å². The van der Waals surface area contributed by atoms with Gasteiger partial charge in [0.1, 0.15) is 9.79 Å². The molecule has 0 saturated carbocycles. The van der Waals surface area contributed by atoms with Crippen LogP contribution in [0.15, 0.2) is 21.9 Å². The number of benzene rings is 1. The van der Waals surface area contributed by atoms with Crippen LogP contribution in [0.4, 0.5) is 5.69 Å². The van der Waals surface area contributed by atoms with Gasteiger partial charge in [0.25, 0.3) is 0 Å². The van der Waals surface area contributed by atoms with Gasteiger partial charge in [-0.05, 0) is 12.1 Å². The van der Waals surface area contributed by atoms with Crippen LogP contribution >= 0.6 is 11.6 Å². The summed E-state index contributed by atoms with van der Waals surface area (Å²) in [5, 5.41) is 7.35. The molecule has 22 heavy (non-hydrogen) atoms. The van der Waals surface area contributed by atoms with E-state index in [9.17, 15) is 21.6 Å². The quantitative estimate of drug-likeness (QED) is 0.672. The van der Waals surface area contributed by atoms with E-state index < -0.39 is 37.1 Å². The van der Waals surface area contributed by atoms with Crippen molar-refractivity contribution in [1.82, 2.24) is 4.31 Å². The summed E-state index contributed by atoms with van der Waals surface area (Å²) in [6, 6.07) is 1.93. The first kappa shape index (κ1) is 17.0. The van der Waals surface area contributed by atoms with Gasteiger partial charge in [-0.25, -0.2) is 26.8 Å². The molecule has 0 aromatic heterocycles. The topological polar surface area (TPSA) is 136 Å². The number of nitrogens with zero attached hydrogens (tertiary/aromatic N) is 1. The molecule has 0 aliphatic carbocycles. The van der Waals surface area contributed by atoms with Crippen LogP contribution < -0.4 is 10.5 Å². The van der Waals surface area contributed by atoms with Gasteiger partial charge in [0.2, 0.25) is 20.0 Å². The highest BCUT2D eigenvalue weighted by Gasteiger charge is 2.41. The van der Waals surface area contributed by atoms with Crippen LogP contribution in [0.5, 0.6) is 0 Å². The Labute approximate surface area is 132 Å². The van der Waals surface area contributed by atoms with E-state index >= 15 is 0 Å². The number of rotatable bonds is 2. The number of nitrogens with two attached hydrogens (primary N) is 1. The fourth-order valence-corrected chi connectivity index (χ4v) is 4.49. The maximum atomic E-state index is 12.4. The standard InChI is InChI=1S/C10H12ClN3O6S2/c1-14-9(10(15)20-2)13-6-3-5(11)7(21(12,16)17)4-8(6)22(14,18)19/h3-4,9,13H,1-2H3,(H2,12,16,17)/t9-/m0/s1. The monoisotopic (exact) mass is 369 g/mol. The number of nitrogens with one attached hydrogen (secondary N) is 1. The highest BCUT2D eigenvalue weighted by Crippen LogP contribution is 2.36. The Kier molecular flexibility index (Phi) is 4.13. The molecule has 9 nitrogen and oxygen atoms in total. The number of sulfonamides is 2. The molecule has 0 fully saturated rings. The maximum Gasteiger partial charge on any atom is 0.344 e. The van der Waals surface area contributed by atoms with Crippen molar-refractivity contribution in [3.8, 4) is 0 Å². The molecule has 12 heteroatoms. The first-order valence-corrected chi connectivity index (χ1v) is 9.05. The van der Waals surface area contributed by atoms with Crippen LogP contribution in [0.3, 0.4) is 0 Å². The van der Waals surface area contributed by atoms with E-state index in [1.807, 2.05) is 0 Å². The molecule has 2 rings (SSSR count). The Balaban J connectivity index is 2.72. The summed E-state index contributed by atoms with van der Waals surface area (Å²) in [7, 11) is -6.08. The van der Waals surface area contributed by atoms with Gasteiger partial charge in [0.05, 0.1) is 17.8 Å². The van der Waals surface area contributed by atoms with E-state index in [1.165, 1.54) is 0 Å². The van der Waals surface area contributed by atoms with Crippen LogP contribution in [0.1, 0.15) is 0 Å². The van der Waals surface area contributed by atoms with E-state index in [4.69, 9.17) is 16.7 Å². The van der Waals surface area contributed by atoms with Crippen molar-refractivity contribution >= 4 is 43.3 Å². The summed E-state index contributed by atoms with van der Waals surface area (Å²) in [5.41, 5.74) is -0.0223. The molecule has 1 aromatic rings. The summed E-state index contributed by atoms with van der Waals surface area (Å²) < 4.78 is 53.0. The Morgan fingerprint density at radius 3 is 2.55 bits per heavy atom. The lowest BCUT2D eigenvalue weighted by molar-refractivity contribution is -0.143. The van der Waals surface area contributed by atoms with Gasteiger partial charge in [0.15, 0.2) is 6.17 Å². The average molecular weight is 370 g/mol. The van der Waals surface area contributed by atoms with Crippen LogP contribution in [0.25, 0.3) is 0 Å². The number of halogens is 1. The number of anilines is 1. The van der Waals surface area contributed by atoms with Crippen molar-refractivity contribution in [3.63, 3.8) is 0 Å². The van der Waals surface area contributed by atoms with Gasteiger partial charge >= 0.3 is 5.97 Å². The van der Waals surface area contributed by atoms with Gasteiger partial charge in [-0.15, -0.1) is 0 Å². The number of carbonyl (C=O) groups excluding carboxylic acids is 1. The molecule has 1 aliphatic rings. The van der Waals surface area contributed by atoms with Crippen molar-refractivity contribution in [2.75, 3.05) is 19.5 Å². The van der Waals surface area contributed by atoms with E-state index in [-0.39, 0.29) is 15.6 Å². The smallest absolute Gasteiger partial charge is 0.344 e. The average Bonchev–Trinajstić information content (AvgIpc) is 2.40. The SMILES string of the molecule is COC(=O)[C@H]1Nc2cc(Cl)c(S(N)(=O)=O)cc2S(=O)(=O)N1C. The van der Waals surface area contributed by atoms with Gasteiger partial charge in [-0.3, -0.25) is 0 Å². The molecule has 0 radical (unpaired) electrons. The Morgan fingerprint density at radius 1 is 1.45 bits per heavy atom. The first-order chi connectivity index (χ1) is 10.00. The molecule has 3 N–H and O–H groups in total. The van der Waals surface area contributed by atoms with Gasteiger partial charge in [-0.1, -0.05) is 11.6 Å². The van der Waals surface area contributed by atoms with Crippen LogP contribution in [-0.4, -0.2) is 47.4 Å². The highest BCUT2D eigenvalue weighted by atomic mass is 35.5. The maximum absolute atomic E-state index is 12.4. The Bertz CT molecular complexity index is 852. The molecule has 0 bridgehead atoms. The van der Waals surface area contributed by atoms with E-state index in [1.54, 1.807) is 0 Å². The predicted octanol–water partition coefficient (Wildman–Crippen LogP) is -0.468. The molecule has 1 aromatic carbocycles. The minimum atomic E-state index is -4.20. The van der Waals surface area contributed by atoms with Gasteiger partial charge < -0.3 is 10.1 Å². The second-order valence-corrected chi connectivity index (χ2v) is 8.32. The number of methoxy groups -OCH3 is 1. The molecule has 0 amide bonds. The molecule has 122 valence electrons. The number of likely N-dealkylation sites (N-methyl/N-ethyl adjacent to an activating group) is 1. The molecule has 0 spiro atoms. The first-order valence-electron chi connectivity index (χ1n) is 5.69. The zero-order valence-electron chi connectivity index (χ0n) is 11.4. The number of fused-ring (bicyclic) bond motifs is 1. The molecule has 1 atom stereocenters. The third kappa shape index (κ3) is 2.65. The van der Waals surface area contributed by atoms with E-state index in [2.05, 4.69) is 10.1 Å². The highest BCUT2D eigenvalue weighted by molar-refractivity contribution is 7.90. The number of hydrogen-bond acceptors (Lipinski definition) is 7. The summed E-state index contributed by atoms with van der Waals surface area (Å²) in [4.78, 5) is 10.8. The molecule has 0 unspecified atom stereocenters. The lowest BCUT2D eigenvalue weighted by Gasteiger charge is -2.33. The van der Waals surface area contributed by atoms with Crippen LogP contribution in [-0.2, 0) is 29.6 Å². The zero-order valence-corrected chi connectivity index (χ0v) is 13.8. The second-order valence-electron chi connectivity index (χ2n) is 4.42. The molecule has 0 saturated heterocycles. The third-order valence-corrected chi connectivity index (χ3v) is 6.32. The van der Waals surface area contributed by atoms with Crippen molar-refractivity contribution in [1.29, 1.82) is 0 Å². The normalized spacial score (nSPS) is 20.8. The van der Waals surface area contributed by atoms with Crippen molar-refractivity contribution in [3.05, 3.63) is 17.2 Å². The Morgan fingerprint density at radius 2 is 2.05 bits per heavy atom. The van der Waals surface area contributed by atoms with E-state index in [0.29, 0.717) is 0 Å². The number of carbonyl (C=O) groups is 1. The molecule has 1 heterocycles. The van der Waals surface area contributed by atoms with Gasteiger partial charge in [0, 0.05) is 7.05 Å². The summed E-state index contributed by atoms with van der Waals surface area (Å²) >= 11 is 5.81. The predicted molar refractivity (Wildman–Crippen MR) is 77.2 cm³/mol. The number of esters is 1. The minimum Gasteiger partial charge on any atom is -0.466 e. The minimum absolute atomic E-state index is 0.0223. The summed E-state index contributed by atoms with van der Waals surface area (Å²) in [6.45, 7) is 0. The Hall–Kier alpha value is -1.40. The summed E-state index contributed by atoms with van der Waals surface area (Å²) in [6.07, 6.45) is -1.29. The van der Waals surface area contributed by atoms with Crippen molar-refractivity contribution in [2.24, 2.45) is 5.14 Å². The lowest BCUT2D eigenvalue weighted by atomic mass is 10.3. The molecule has 1 aliphatic heterocycles. The third-order valence-electron chi connectivity index (χ3n) is 3.08. The van der Waals surface area contributed by atoms with E-state index in [0.717, 1.165) is 30.6 Å². The van der Waals surface area contributed by atoms with Crippen molar-refractivity contribution < 1.29 is 26.4 Å². The van der Waals surface area contributed by atoms with Gasteiger partial charge in [-0.2, -0.15) is 4.31 Å².